The Balaban J connectivity index is 2.28. The summed E-state index contributed by atoms with van der Waals surface area (Å²) in [5, 5.41) is 2.81. The van der Waals surface area contributed by atoms with Crippen LogP contribution in [0, 0.1) is 6.92 Å². The number of nitrogens with one attached hydrogen (secondary N) is 1. The second-order valence-corrected chi connectivity index (χ2v) is 4.65. The lowest BCUT2D eigenvalue weighted by Crippen LogP contribution is -2.14. The van der Waals surface area contributed by atoms with Crippen molar-refractivity contribution < 1.29 is 4.79 Å². The molecule has 0 saturated heterocycles. The van der Waals surface area contributed by atoms with E-state index in [0.717, 1.165) is 5.56 Å². The lowest BCUT2D eigenvalue weighted by atomic mass is 10.2. The molecule has 5 heteroatoms. The van der Waals surface area contributed by atoms with Crippen molar-refractivity contribution in [2.75, 3.05) is 11.1 Å². The van der Waals surface area contributed by atoms with Crippen LogP contribution in [0.15, 0.2) is 41.1 Å². The first-order valence-corrected chi connectivity index (χ1v) is 6.15. The first-order valence-electron chi connectivity index (χ1n) is 5.35. The van der Waals surface area contributed by atoms with Crippen LogP contribution in [-0.2, 0) is 0 Å². The zero-order chi connectivity index (χ0) is 13.1. The van der Waals surface area contributed by atoms with E-state index in [4.69, 9.17) is 5.73 Å². The molecular weight excluding hydrogens is 294 g/mol. The third-order valence-electron chi connectivity index (χ3n) is 2.56. The molecule has 18 heavy (non-hydrogen) atoms. The van der Waals surface area contributed by atoms with Gasteiger partial charge in [-0.25, -0.2) is 0 Å². The van der Waals surface area contributed by atoms with Gasteiger partial charge in [0, 0.05) is 11.9 Å². The molecule has 92 valence electrons. The predicted octanol–water partition coefficient (Wildman–Crippen LogP) is 2.99. The number of carbonyl (C=O) groups excluding carboxylic acids is 1. The van der Waals surface area contributed by atoms with Crippen LogP contribution in [0.25, 0.3) is 0 Å². The number of hydrogen-bond donors (Lipinski definition) is 2. The van der Waals surface area contributed by atoms with Gasteiger partial charge in [-0.15, -0.1) is 0 Å². The quantitative estimate of drug-likeness (QED) is 0.838. The molecule has 0 aliphatic heterocycles. The van der Waals surface area contributed by atoms with E-state index in [9.17, 15) is 4.79 Å². The topological polar surface area (TPSA) is 68.0 Å². The average molecular weight is 306 g/mol. The third-order valence-corrected chi connectivity index (χ3v) is 3.45. The zero-order valence-electron chi connectivity index (χ0n) is 9.77. The number of nitrogens with zero attached hydrogens (tertiary/aromatic N) is 1. The SMILES string of the molecule is Cc1ccncc1NC(=O)c1cccc(N)c1Br. The van der Waals surface area contributed by atoms with E-state index in [2.05, 4.69) is 26.2 Å². The number of nitrogen functional groups attached to an aromatic ring is 1. The van der Waals surface area contributed by atoms with Gasteiger partial charge in [-0.2, -0.15) is 0 Å². The molecule has 0 aliphatic rings. The summed E-state index contributed by atoms with van der Waals surface area (Å²) in [5.41, 5.74) is 8.42. The van der Waals surface area contributed by atoms with Gasteiger partial charge in [0.15, 0.2) is 0 Å². The van der Waals surface area contributed by atoms with Crippen LogP contribution in [0.1, 0.15) is 15.9 Å². The van der Waals surface area contributed by atoms with E-state index >= 15 is 0 Å². The average Bonchev–Trinajstić information content (AvgIpc) is 2.35. The van der Waals surface area contributed by atoms with Gasteiger partial charge in [-0.3, -0.25) is 9.78 Å². The molecule has 1 amide bonds. The molecule has 0 fully saturated rings. The summed E-state index contributed by atoms with van der Waals surface area (Å²) < 4.78 is 0.601. The number of anilines is 2. The maximum absolute atomic E-state index is 12.1. The first-order chi connectivity index (χ1) is 8.59. The molecule has 1 aromatic carbocycles. The molecule has 1 heterocycles. The van der Waals surface area contributed by atoms with Gasteiger partial charge < -0.3 is 11.1 Å². The van der Waals surface area contributed by atoms with Crippen LogP contribution in [-0.4, -0.2) is 10.9 Å². The van der Waals surface area contributed by atoms with Crippen molar-refractivity contribution in [1.29, 1.82) is 0 Å². The lowest BCUT2D eigenvalue weighted by Gasteiger charge is -2.09. The summed E-state index contributed by atoms with van der Waals surface area (Å²) in [7, 11) is 0. The lowest BCUT2D eigenvalue weighted by molar-refractivity contribution is 0.102. The van der Waals surface area contributed by atoms with Crippen molar-refractivity contribution in [3.05, 3.63) is 52.3 Å². The Hall–Kier alpha value is -1.88. The van der Waals surface area contributed by atoms with Gasteiger partial charge in [0.2, 0.25) is 0 Å². The van der Waals surface area contributed by atoms with Crippen molar-refractivity contribution in [3.63, 3.8) is 0 Å². The fourth-order valence-corrected chi connectivity index (χ4v) is 1.95. The number of benzene rings is 1. The normalized spacial score (nSPS) is 10.1. The van der Waals surface area contributed by atoms with E-state index in [1.807, 2.05) is 13.0 Å². The monoisotopic (exact) mass is 305 g/mol. The Bertz CT molecular complexity index is 599. The maximum atomic E-state index is 12.1. The number of amides is 1. The highest BCUT2D eigenvalue weighted by atomic mass is 79.9. The van der Waals surface area contributed by atoms with Crippen molar-refractivity contribution in [1.82, 2.24) is 4.98 Å². The standard InChI is InChI=1S/C13H12BrN3O/c1-8-5-6-16-7-11(8)17-13(18)9-3-2-4-10(15)12(9)14/h2-7H,15H2,1H3,(H,17,18). The number of pyridine rings is 1. The van der Waals surface area contributed by atoms with Crippen LogP contribution in [0.4, 0.5) is 11.4 Å². The summed E-state index contributed by atoms with van der Waals surface area (Å²) in [6.07, 6.45) is 3.30. The predicted molar refractivity (Wildman–Crippen MR) is 75.5 cm³/mol. The van der Waals surface area contributed by atoms with Gasteiger partial charge in [-0.1, -0.05) is 6.07 Å². The number of halogens is 1. The number of carbonyl (C=O) groups is 1. The van der Waals surface area contributed by atoms with Crippen molar-refractivity contribution in [3.8, 4) is 0 Å². The van der Waals surface area contributed by atoms with Gasteiger partial charge in [0.05, 0.1) is 21.9 Å². The Morgan fingerprint density at radius 1 is 1.39 bits per heavy atom. The minimum atomic E-state index is -0.217. The molecule has 2 rings (SSSR count). The number of rotatable bonds is 2. The molecule has 0 spiro atoms. The van der Waals surface area contributed by atoms with Crippen LogP contribution < -0.4 is 11.1 Å². The highest BCUT2D eigenvalue weighted by Crippen LogP contribution is 2.24. The van der Waals surface area contributed by atoms with Crippen molar-refractivity contribution in [2.24, 2.45) is 0 Å². The number of aryl methyl sites for hydroxylation is 1. The molecule has 2 aromatic rings. The number of nitrogens with two attached hydrogens (primary N) is 1. The van der Waals surface area contributed by atoms with Gasteiger partial charge in [0.25, 0.3) is 5.91 Å². The highest BCUT2D eigenvalue weighted by molar-refractivity contribution is 9.10. The summed E-state index contributed by atoms with van der Waals surface area (Å²) in [6.45, 7) is 1.91. The molecule has 4 nitrogen and oxygen atoms in total. The minimum absolute atomic E-state index is 0.217. The molecule has 0 saturated carbocycles. The van der Waals surface area contributed by atoms with E-state index in [1.165, 1.54) is 0 Å². The summed E-state index contributed by atoms with van der Waals surface area (Å²) >= 11 is 3.31. The number of hydrogen-bond acceptors (Lipinski definition) is 3. The highest BCUT2D eigenvalue weighted by Gasteiger charge is 2.12. The van der Waals surface area contributed by atoms with Crippen LogP contribution in [0.3, 0.4) is 0 Å². The van der Waals surface area contributed by atoms with Gasteiger partial charge >= 0.3 is 0 Å². The molecule has 0 aliphatic carbocycles. The van der Waals surface area contributed by atoms with E-state index in [0.29, 0.717) is 21.4 Å². The first kappa shape index (κ1) is 12.6. The summed E-state index contributed by atoms with van der Waals surface area (Å²) in [4.78, 5) is 16.1. The smallest absolute Gasteiger partial charge is 0.256 e. The van der Waals surface area contributed by atoms with E-state index in [-0.39, 0.29) is 5.91 Å². The van der Waals surface area contributed by atoms with Crippen molar-refractivity contribution in [2.45, 2.75) is 6.92 Å². The van der Waals surface area contributed by atoms with E-state index < -0.39 is 0 Å². The fraction of sp³-hybridized carbons (Fsp3) is 0.0769. The third kappa shape index (κ3) is 2.51. The van der Waals surface area contributed by atoms with Crippen LogP contribution >= 0.6 is 15.9 Å². The number of aromatic nitrogens is 1. The van der Waals surface area contributed by atoms with E-state index in [1.54, 1.807) is 30.6 Å². The second-order valence-electron chi connectivity index (χ2n) is 3.85. The zero-order valence-corrected chi connectivity index (χ0v) is 11.4. The maximum Gasteiger partial charge on any atom is 0.256 e. The largest absolute Gasteiger partial charge is 0.398 e. The minimum Gasteiger partial charge on any atom is -0.398 e. The Kier molecular flexibility index (Phi) is 3.62. The van der Waals surface area contributed by atoms with Crippen LogP contribution in [0.2, 0.25) is 0 Å². The molecule has 0 atom stereocenters. The fourth-order valence-electron chi connectivity index (χ4n) is 1.51. The molecule has 3 N–H and O–H groups in total. The molecular formula is C13H12BrN3O. The molecule has 1 aromatic heterocycles. The van der Waals surface area contributed by atoms with Gasteiger partial charge in [-0.05, 0) is 46.6 Å². The van der Waals surface area contributed by atoms with Crippen molar-refractivity contribution >= 4 is 33.2 Å². The molecule has 0 unspecified atom stereocenters. The second kappa shape index (κ2) is 5.18. The Labute approximate surface area is 113 Å². The van der Waals surface area contributed by atoms with Gasteiger partial charge in [0.1, 0.15) is 0 Å². The summed E-state index contributed by atoms with van der Waals surface area (Å²) in [5.74, 6) is -0.217. The molecule has 0 radical (unpaired) electrons. The summed E-state index contributed by atoms with van der Waals surface area (Å²) in [6, 6.07) is 7.02. The Morgan fingerprint density at radius 2 is 2.17 bits per heavy atom. The Morgan fingerprint density at radius 3 is 2.89 bits per heavy atom. The van der Waals surface area contributed by atoms with Crippen LogP contribution in [0.5, 0.6) is 0 Å². The molecule has 0 bridgehead atoms.